The molecule has 1 aliphatic rings. The highest BCUT2D eigenvalue weighted by Crippen LogP contribution is 2.63. The Balaban J connectivity index is 2.29. The molecule has 1 aliphatic heterocycles. The van der Waals surface area contributed by atoms with Gasteiger partial charge in [-0.2, -0.15) is 0 Å². The van der Waals surface area contributed by atoms with E-state index in [-0.39, 0.29) is 0 Å². The summed E-state index contributed by atoms with van der Waals surface area (Å²) in [5.41, 5.74) is -0.653. The molecule has 5 heteroatoms. The minimum Gasteiger partial charge on any atom is -0.497 e. The van der Waals surface area contributed by atoms with E-state index in [4.69, 9.17) is 21.1 Å². The van der Waals surface area contributed by atoms with Crippen molar-refractivity contribution in [2.75, 3.05) is 12.9 Å². The van der Waals surface area contributed by atoms with E-state index >= 15 is 0 Å². The third kappa shape index (κ3) is 2.76. The monoisotopic (exact) mass is 300 g/mol. The van der Waals surface area contributed by atoms with Crippen molar-refractivity contribution in [3.05, 3.63) is 35.6 Å². The summed E-state index contributed by atoms with van der Waals surface area (Å²) in [6.07, 6.45) is 0.918. The number of hydrogen-bond acceptors (Lipinski definition) is 4. The molecule has 2 nitrogen and oxygen atoms in total. The second-order valence-electron chi connectivity index (χ2n) is 4.12. The van der Waals surface area contributed by atoms with Gasteiger partial charge in [0.1, 0.15) is 11.5 Å². The fraction of sp³-hybridized carbons (Fsp3) is 0.385. The molecule has 0 saturated heterocycles. The smallest absolute Gasteiger partial charge is 0.196 e. The first kappa shape index (κ1) is 14.0. The van der Waals surface area contributed by atoms with Gasteiger partial charge in [-0.1, -0.05) is 18.3 Å². The maximum Gasteiger partial charge on any atom is 0.196 e. The molecule has 1 unspecified atom stereocenters. The van der Waals surface area contributed by atoms with Crippen LogP contribution in [0.25, 0.3) is 0 Å². The Morgan fingerprint density at radius 1 is 1.39 bits per heavy atom. The molecule has 0 aromatic heterocycles. The Kier molecular flexibility index (Phi) is 4.41. The molecule has 0 saturated carbocycles. The molecular formula is C13H17O2PS2. The van der Waals surface area contributed by atoms with Crippen molar-refractivity contribution >= 4 is 34.0 Å². The third-order valence-corrected chi connectivity index (χ3v) is 9.23. The number of methoxy groups -OCH3 is 1. The molecule has 0 radical (unpaired) electrons. The molecule has 0 amide bonds. The van der Waals surface area contributed by atoms with Crippen LogP contribution in [0.1, 0.15) is 20.3 Å². The molecule has 98 valence electrons. The SMILES string of the molecule is CCC1=C(C)CSP(=S)(c2ccc(OC)cc2)O1. The Morgan fingerprint density at radius 3 is 2.61 bits per heavy atom. The average molecular weight is 300 g/mol. The highest BCUT2D eigenvalue weighted by atomic mass is 32.9. The van der Waals surface area contributed by atoms with Gasteiger partial charge < -0.3 is 9.26 Å². The van der Waals surface area contributed by atoms with Crippen LogP contribution in [-0.4, -0.2) is 12.9 Å². The molecule has 0 spiro atoms. The van der Waals surface area contributed by atoms with Gasteiger partial charge in [0.15, 0.2) is 5.47 Å². The summed E-state index contributed by atoms with van der Waals surface area (Å²) >= 11 is 7.54. The van der Waals surface area contributed by atoms with Gasteiger partial charge in [0.25, 0.3) is 0 Å². The normalized spacial score (nSPS) is 23.7. The predicted octanol–water partition coefficient (Wildman–Crippen LogP) is 4.08. The van der Waals surface area contributed by atoms with E-state index in [1.165, 1.54) is 5.57 Å². The van der Waals surface area contributed by atoms with Crippen LogP contribution in [0.5, 0.6) is 5.75 Å². The van der Waals surface area contributed by atoms with Crippen LogP contribution < -0.4 is 10.0 Å². The Hall–Kier alpha value is -0.440. The maximum absolute atomic E-state index is 6.12. The van der Waals surface area contributed by atoms with Crippen LogP contribution in [-0.2, 0) is 16.3 Å². The van der Waals surface area contributed by atoms with Gasteiger partial charge in [0.05, 0.1) is 7.11 Å². The van der Waals surface area contributed by atoms with Crippen LogP contribution in [0.3, 0.4) is 0 Å². The summed E-state index contributed by atoms with van der Waals surface area (Å²) in [5, 5.41) is 1.11. The van der Waals surface area contributed by atoms with E-state index in [9.17, 15) is 0 Å². The first-order valence-corrected chi connectivity index (χ1v) is 10.2. The van der Waals surface area contributed by atoms with Gasteiger partial charge in [0.2, 0.25) is 0 Å². The summed E-state index contributed by atoms with van der Waals surface area (Å²) in [6, 6.07) is 7.95. The van der Waals surface area contributed by atoms with Gasteiger partial charge in [-0.25, -0.2) is 0 Å². The summed E-state index contributed by atoms with van der Waals surface area (Å²) in [5.74, 6) is 2.91. The van der Waals surface area contributed by atoms with Gasteiger partial charge in [-0.05, 0) is 48.6 Å². The standard InChI is InChI=1S/C13H17O2PS2/c1-4-13-10(2)9-18-16(17,15-13)12-7-5-11(14-3)6-8-12/h5-8H,4,9H2,1-3H3. The number of allylic oxidation sites excluding steroid dienone is 1. The average Bonchev–Trinajstić information content (AvgIpc) is 2.42. The molecule has 0 aliphatic carbocycles. The van der Waals surface area contributed by atoms with Crippen LogP contribution >= 0.6 is 16.8 Å². The fourth-order valence-corrected chi connectivity index (χ4v) is 7.13. The molecule has 2 rings (SSSR count). The fourth-order valence-electron chi connectivity index (χ4n) is 1.77. The summed E-state index contributed by atoms with van der Waals surface area (Å²) in [7, 11) is 1.67. The van der Waals surface area contributed by atoms with E-state index in [0.29, 0.717) is 0 Å². The highest BCUT2D eigenvalue weighted by Gasteiger charge is 2.28. The zero-order valence-corrected chi connectivity index (χ0v) is 13.3. The van der Waals surface area contributed by atoms with Crippen molar-refractivity contribution in [3.8, 4) is 5.75 Å². The highest BCUT2D eigenvalue weighted by molar-refractivity contribution is 8.71. The molecule has 1 aromatic carbocycles. The van der Waals surface area contributed by atoms with Crippen molar-refractivity contribution in [3.63, 3.8) is 0 Å². The van der Waals surface area contributed by atoms with Gasteiger partial charge in [-0.15, -0.1) is 0 Å². The molecule has 1 atom stereocenters. The van der Waals surface area contributed by atoms with E-state index in [1.54, 1.807) is 18.5 Å². The largest absolute Gasteiger partial charge is 0.497 e. The summed E-state index contributed by atoms with van der Waals surface area (Å²) < 4.78 is 11.3. The molecule has 18 heavy (non-hydrogen) atoms. The van der Waals surface area contributed by atoms with E-state index in [1.807, 2.05) is 24.3 Å². The van der Waals surface area contributed by atoms with Gasteiger partial charge in [-0.3, -0.25) is 0 Å². The van der Waals surface area contributed by atoms with Gasteiger partial charge in [0, 0.05) is 17.5 Å². The lowest BCUT2D eigenvalue weighted by Gasteiger charge is -2.29. The Morgan fingerprint density at radius 2 is 2.06 bits per heavy atom. The number of benzene rings is 1. The molecule has 0 fully saturated rings. The van der Waals surface area contributed by atoms with Gasteiger partial charge >= 0.3 is 0 Å². The second-order valence-corrected chi connectivity index (χ2v) is 10.9. The lowest BCUT2D eigenvalue weighted by atomic mass is 10.2. The lowest BCUT2D eigenvalue weighted by molar-refractivity contribution is 0.415. The third-order valence-electron chi connectivity index (χ3n) is 2.87. The van der Waals surface area contributed by atoms with E-state index in [0.717, 1.165) is 29.0 Å². The van der Waals surface area contributed by atoms with Crippen molar-refractivity contribution in [1.29, 1.82) is 0 Å². The Labute approximate surface area is 118 Å². The van der Waals surface area contributed by atoms with Crippen molar-refractivity contribution in [2.45, 2.75) is 20.3 Å². The van der Waals surface area contributed by atoms with Crippen molar-refractivity contribution in [1.82, 2.24) is 0 Å². The van der Waals surface area contributed by atoms with Crippen LogP contribution in [0, 0.1) is 0 Å². The summed E-state index contributed by atoms with van der Waals surface area (Å²) in [4.78, 5) is 0. The number of rotatable bonds is 3. The van der Waals surface area contributed by atoms with E-state index < -0.39 is 5.47 Å². The number of ether oxygens (including phenoxy) is 1. The topological polar surface area (TPSA) is 18.5 Å². The predicted molar refractivity (Wildman–Crippen MR) is 83.4 cm³/mol. The molecular weight excluding hydrogens is 283 g/mol. The van der Waals surface area contributed by atoms with Crippen molar-refractivity contribution < 1.29 is 9.26 Å². The minimum absolute atomic E-state index is 0.852. The van der Waals surface area contributed by atoms with E-state index in [2.05, 4.69) is 13.8 Å². The first-order chi connectivity index (χ1) is 8.59. The molecule has 1 heterocycles. The van der Waals surface area contributed by atoms with Crippen molar-refractivity contribution in [2.24, 2.45) is 0 Å². The first-order valence-electron chi connectivity index (χ1n) is 5.86. The zero-order chi connectivity index (χ0) is 13.2. The minimum atomic E-state index is -1.97. The zero-order valence-electron chi connectivity index (χ0n) is 10.8. The van der Waals surface area contributed by atoms with Crippen LogP contribution in [0.15, 0.2) is 35.6 Å². The summed E-state index contributed by atoms with van der Waals surface area (Å²) in [6.45, 7) is 4.24. The Bertz CT molecular complexity index is 508. The number of hydrogen-bond donors (Lipinski definition) is 0. The molecule has 0 N–H and O–H groups in total. The molecule has 0 bridgehead atoms. The van der Waals surface area contributed by atoms with Crippen LogP contribution in [0.4, 0.5) is 0 Å². The second kappa shape index (κ2) is 5.68. The quantitative estimate of drug-likeness (QED) is 0.783. The van der Waals surface area contributed by atoms with Crippen LogP contribution in [0.2, 0.25) is 0 Å². The lowest BCUT2D eigenvalue weighted by Crippen LogP contribution is -2.10. The molecule has 1 aromatic rings. The maximum atomic E-state index is 6.12.